The van der Waals surface area contributed by atoms with Gasteiger partial charge in [0.1, 0.15) is 4.99 Å². The third-order valence-corrected chi connectivity index (χ3v) is 14.4. The molecule has 13 heteroatoms. The Balaban J connectivity index is 2.92. The normalized spacial score (nSPS) is 13.2. The molecule has 0 atom stereocenters. The number of nitrogens with zero attached hydrogens (tertiary/aromatic N) is 9. The summed E-state index contributed by atoms with van der Waals surface area (Å²) in [5.74, 6) is 0. The van der Waals surface area contributed by atoms with Crippen molar-refractivity contribution in [1.82, 2.24) is 32.4 Å². The van der Waals surface area contributed by atoms with E-state index in [1.165, 1.54) is 0 Å². The molecule has 0 aromatic carbocycles. The lowest BCUT2D eigenvalue weighted by atomic mass is 10.1. The monoisotopic (exact) mass is 571 g/mol. The van der Waals surface area contributed by atoms with Crippen molar-refractivity contribution in [2.75, 3.05) is 84.6 Å². The minimum Gasteiger partial charge on any atom is -0.313 e. The van der Waals surface area contributed by atoms with Gasteiger partial charge in [-0.05, 0) is 109 Å². The number of rotatable bonds is 8. The average Bonchev–Trinajstić information content (AvgIpc) is 3.05. The van der Waals surface area contributed by atoms with Gasteiger partial charge in [0.2, 0.25) is 0 Å². The van der Waals surface area contributed by atoms with Gasteiger partial charge in [0.15, 0.2) is 20.0 Å². The predicted molar refractivity (Wildman–Crippen MR) is 166 cm³/mol. The second-order valence-corrected chi connectivity index (χ2v) is 17.9. The predicted octanol–water partition coefficient (Wildman–Crippen LogP) is 4.86. The molecule has 0 unspecified atom stereocenters. The van der Waals surface area contributed by atoms with E-state index >= 15 is 0 Å². The molecule has 0 radical (unpaired) electrons. The van der Waals surface area contributed by atoms with Crippen molar-refractivity contribution >= 4 is 54.9 Å². The topological polar surface area (TPSA) is 48.6 Å². The van der Waals surface area contributed by atoms with Crippen LogP contribution in [0.1, 0.15) is 16.8 Å². The van der Waals surface area contributed by atoms with E-state index in [9.17, 15) is 0 Å². The van der Waals surface area contributed by atoms with Gasteiger partial charge in [0.05, 0.1) is 11.2 Å². The van der Waals surface area contributed by atoms with Crippen LogP contribution >= 0.6 is 39.4 Å². The maximum atomic E-state index is 6.05. The lowest BCUT2D eigenvalue weighted by Gasteiger charge is -2.41. The maximum Gasteiger partial charge on any atom is 0.172 e. The van der Waals surface area contributed by atoms with Gasteiger partial charge in [-0.25, -0.2) is 9.49 Å². The van der Waals surface area contributed by atoms with Crippen LogP contribution in [0.5, 0.6) is 0 Å². The summed E-state index contributed by atoms with van der Waals surface area (Å²) in [6.07, 6.45) is 2.03. The Kier molecular flexibility index (Phi) is 10.4. The van der Waals surface area contributed by atoms with E-state index in [0.717, 1.165) is 22.3 Å². The zero-order chi connectivity index (χ0) is 27.7. The third kappa shape index (κ3) is 5.34. The van der Waals surface area contributed by atoms with Crippen LogP contribution in [0.25, 0.3) is 5.52 Å². The van der Waals surface area contributed by atoms with Gasteiger partial charge < -0.3 is 4.40 Å². The van der Waals surface area contributed by atoms with E-state index in [2.05, 4.69) is 130 Å². The molecule has 2 aromatic heterocycles. The number of fused-ring (bicyclic) bond motifs is 1. The van der Waals surface area contributed by atoms with E-state index in [1.807, 2.05) is 18.3 Å². The number of aromatic nitrogens is 1. The fourth-order valence-electron chi connectivity index (χ4n) is 4.89. The van der Waals surface area contributed by atoms with E-state index in [-0.39, 0.29) is 0 Å². The molecule has 2 rings (SSSR count). The molecule has 0 N–H and O–H groups in total. The first-order valence-corrected chi connectivity index (χ1v) is 15.6. The number of thiocarbonyl (C=S) groups is 2. The van der Waals surface area contributed by atoms with Crippen LogP contribution in [-0.2, 0) is 0 Å². The van der Waals surface area contributed by atoms with Gasteiger partial charge in [0.25, 0.3) is 0 Å². The van der Waals surface area contributed by atoms with Crippen LogP contribution in [0.3, 0.4) is 0 Å². The molecule has 36 heavy (non-hydrogen) atoms. The van der Waals surface area contributed by atoms with Crippen molar-refractivity contribution in [3.8, 4) is 0 Å². The third-order valence-electron chi connectivity index (χ3n) is 6.17. The maximum absolute atomic E-state index is 6.05. The molecule has 0 bridgehead atoms. The molecule has 202 valence electrons. The lowest BCUT2D eigenvalue weighted by molar-refractivity contribution is 0.475. The summed E-state index contributed by atoms with van der Waals surface area (Å²) in [6.45, 7) is 2.07. The van der Waals surface area contributed by atoms with E-state index in [1.54, 1.807) is 0 Å². The summed E-state index contributed by atoms with van der Waals surface area (Å²) < 4.78 is 25.5. The fourth-order valence-corrected chi connectivity index (χ4v) is 12.1. The zero-order valence-corrected chi connectivity index (χ0v) is 27.5. The van der Waals surface area contributed by atoms with Crippen molar-refractivity contribution in [3.63, 3.8) is 0 Å². The summed E-state index contributed by atoms with van der Waals surface area (Å²) in [5.41, 5.74) is 3.78. The molecule has 2 heterocycles. The van der Waals surface area contributed by atoms with Gasteiger partial charge in [-0.1, -0.05) is 30.5 Å². The van der Waals surface area contributed by atoms with Crippen LogP contribution in [0, 0.1) is 6.92 Å². The van der Waals surface area contributed by atoms with E-state index in [4.69, 9.17) is 33.9 Å². The van der Waals surface area contributed by atoms with E-state index in [0.29, 0.717) is 9.98 Å². The van der Waals surface area contributed by atoms with Crippen molar-refractivity contribution < 1.29 is 0 Å². The van der Waals surface area contributed by atoms with Gasteiger partial charge in [0, 0.05) is 11.8 Å². The van der Waals surface area contributed by atoms with Gasteiger partial charge in [-0.2, -0.15) is 0 Å². The summed E-state index contributed by atoms with van der Waals surface area (Å²) in [6, 6.07) is 6.10. The van der Waals surface area contributed by atoms with Gasteiger partial charge >= 0.3 is 0 Å². The smallest absolute Gasteiger partial charge is 0.172 e. The molecular formula is C23H43N9P2S2. The Morgan fingerprint density at radius 2 is 1.06 bits per heavy atom. The highest BCUT2D eigenvalue weighted by atomic mass is 32.1. The molecule has 9 nitrogen and oxygen atoms in total. The molecule has 0 saturated heterocycles. The highest BCUT2D eigenvalue weighted by Gasteiger charge is 2.32. The largest absolute Gasteiger partial charge is 0.313 e. The Bertz CT molecular complexity index is 1090. The van der Waals surface area contributed by atoms with Crippen LogP contribution in [0.2, 0.25) is 0 Å². The van der Waals surface area contributed by atoms with E-state index < -0.39 is 15.0 Å². The first-order valence-electron chi connectivity index (χ1n) is 11.6. The highest BCUT2D eigenvalue weighted by molar-refractivity contribution is 7.81. The quantitative estimate of drug-likeness (QED) is 0.329. The Morgan fingerprint density at radius 3 is 1.44 bits per heavy atom. The van der Waals surface area contributed by atoms with Crippen LogP contribution < -0.4 is 0 Å². The van der Waals surface area contributed by atoms with Crippen molar-refractivity contribution in [3.05, 3.63) is 41.2 Å². The first kappa shape index (κ1) is 31.4. The van der Waals surface area contributed by atoms with Crippen molar-refractivity contribution in [1.29, 1.82) is 0 Å². The second-order valence-electron chi connectivity index (χ2n) is 9.77. The zero-order valence-electron chi connectivity index (χ0n) is 24.0. The summed E-state index contributed by atoms with van der Waals surface area (Å²) in [7, 11) is 20.2. The molecule has 0 aliphatic rings. The number of hydrogen-bond acceptors (Lipinski definition) is 2. The molecule has 2 aromatic rings. The molecule has 0 spiro atoms. The fraction of sp³-hybridized carbons (Fsp3) is 0.565. The molecule has 0 saturated carbocycles. The molecule has 0 amide bonds. The van der Waals surface area contributed by atoms with Crippen molar-refractivity contribution in [2.45, 2.75) is 6.92 Å². The van der Waals surface area contributed by atoms with Crippen LogP contribution in [-0.4, -0.2) is 127 Å². The summed E-state index contributed by atoms with van der Waals surface area (Å²) >= 11 is 12.1. The lowest BCUT2D eigenvalue weighted by Crippen LogP contribution is -2.31. The van der Waals surface area contributed by atoms with Gasteiger partial charge in [-0.15, -0.1) is 0 Å². The standard InChI is InChI=1S/C23H43N9P2S2/c1-18-20(22(35)24-33(26(2)3,27(4)5)28(6)7)19-16-14-15-17-32(19)21(18)23(36)25-34(29(8)9,30(10)11)31(12)13/h14-17H,1-13H3. The minimum absolute atomic E-state index is 0.557. The molecule has 0 fully saturated rings. The SMILES string of the molecule is Cc1c(C(=S)N=P(N(C)C)(N(C)C)N(C)C)c2ccccn2c1C(=S)N=P(N(C)C)(N(C)C)N(C)C. The molecular weight excluding hydrogens is 528 g/mol. The first-order chi connectivity index (χ1) is 16.6. The molecule has 0 aliphatic heterocycles. The minimum atomic E-state index is -2.22. The highest BCUT2D eigenvalue weighted by Crippen LogP contribution is 2.56. The average molecular weight is 572 g/mol. The van der Waals surface area contributed by atoms with Crippen molar-refractivity contribution in [2.24, 2.45) is 9.49 Å². The Labute approximate surface area is 229 Å². The second kappa shape index (κ2) is 11.9. The summed E-state index contributed by atoms with van der Waals surface area (Å²) in [4.78, 5) is 1.13. The van der Waals surface area contributed by atoms with Crippen LogP contribution in [0.4, 0.5) is 0 Å². The number of pyridine rings is 1. The van der Waals surface area contributed by atoms with Gasteiger partial charge in [-0.3, -0.25) is 28.0 Å². The summed E-state index contributed by atoms with van der Waals surface area (Å²) in [5, 5.41) is 0. The number of hydrogen-bond donors (Lipinski definition) is 0. The Hall–Kier alpha value is -0.840. The van der Waals surface area contributed by atoms with Crippen LogP contribution in [0.15, 0.2) is 33.9 Å². The molecule has 0 aliphatic carbocycles. The Morgan fingerprint density at radius 1 is 0.667 bits per heavy atom.